The van der Waals surface area contributed by atoms with E-state index in [9.17, 15) is 25.2 Å². The number of unbranched alkanes of at least 4 members (excludes halogenated alkanes) is 37. The Morgan fingerprint density at radius 1 is 0.414 bits per heavy atom. The molecular formula is C52H103NO5. The average Bonchev–Trinajstić information content (AvgIpc) is 3.23. The molecule has 0 fully saturated rings. The molecule has 0 saturated carbocycles. The number of hydrogen-bond donors (Lipinski definition) is 5. The van der Waals surface area contributed by atoms with Gasteiger partial charge in [0.15, 0.2) is 0 Å². The molecule has 0 bridgehead atoms. The van der Waals surface area contributed by atoms with Gasteiger partial charge in [0.1, 0.15) is 12.2 Å². The van der Waals surface area contributed by atoms with Crippen LogP contribution >= 0.6 is 0 Å². The third-order valence-electron chi connectivity index (χ3n) is 12.5. The Morgan fingerprint density at radius 2 is 0.707 bits per heavy atom. The fraction of sp³-hybridized carbons (Fsp3) is 0.942. The van der Waals surface area contributed by atoms with Crippen LogP contribution in [-0.2, 0) is 4.79 Å². The summed E-state index contributed by atoms with van der Waals surface area (Å²) in [5.74, 6) is -0.588. The molecule has 4 unspecified atom stereocenters. The van der Waals surface area contributed by atoms with Crippen molar-refractivity contribution in [1.82, 2.24) is 5.32 Å². The van der Waals surface area contributed by atoms with E-state index in [2.05, 4.69) is 31.3 Å². The van der Waals surface area contributed by atoms with E-state index in [1.165, 1.54) is 218 Å². The van der Waals surface area contributed by atoms with E-state index in [1.807, 2.05) is 0 Å². The van der Waals surface area contributed by atoms with E-state index in [0.717, 1.165) is 38.5 Å². The fourth-order valence-electron chi connectivity index (χ4n) is 8.35. The van der Waals surface area contributed by atoms with E-state index in [4.69, 9.17) is 0 Å². The van der Waals surface area contributed by atoms with Crippen LogP contribution in [0.25, 0.3) is 0 Å². The highest BCUT2D eigenvalue weighted by Gasteiger charge is 2.28. The molecule has 6 heteroatoms. The van der Waals surface area contributed by atoms with Crippen molar-refractivity contribution in [2.24, 2.45) is 0 Å². The number of amides is 1. The number of carbonyl (C=O) groups is 1. The minimum atomic E-state index is -1.28. The van der Waals surface area contributed by atoms with Gasteiger partial charge in [0.2, 0.25) is 5.91 Å². The lowest BCUT2D eigenvalue weighted by atomic mass is 10.00. The van der Waals surface area contributed by atoms with Gasteiger partial charge in [-0.05, 0) is 38.5 Å². The smallest absolute Gasteiger partial charge is 0.249 e. The summed E-state index contributed by atoms with van der Waals surface area (Å²) in [6.45, 7) is 4.07. The van der Waals surface area contributed by atoms with Crippen molar-refractivity contribution in [3.63, 3.8) is 0 Å². The zero-order chi connectivity index (χ0) is 42.4. The fourth-order valence-corrected chi connectivity index (χ4v) is 8.35. The number of aliphatic hydroxyl groups is 4. The number of hydrogen-bond acceptors (Lipinski definition) is 5. The van der Waals surface area contributed by atoms with Crippen molar-refractivity contribution < 1.29 is 25.2 Å². The molecule has 0 rings (SSSR count). The van der Waals surface area contributed by atoms with Gasteiger partial charge in [0, 0.05) is 0 Å². The zero-order valence-corrected chi connectivity index (χ0v) is 39.1. The maximum absolute atomic E-state index is 12.6. The van der Waals surface area contributed by atoms with Gasteiger partial charge in [0.25, 0.3) is 0 Å². The summed E-state index contributed by atoms with van der Waals surface area (Å²) in [5, 5.41) is 43.8. The molecule has 0 aromatic carbocycles. The summed E-state index contributed by atoms with van der Waals surface area (Å²) in [5.41, 5.74) is 0. The normalized spacial score (nSPS) is 14.0. The molecule has 0 radical (unpaired) electrons. The molecule has 5 N–H and O–H groups in total. The van der Waals surface area contributed by atoms with Crippen LogP contribution < -0.4 is 5.32 Å². The van der Waals surface area contributed by atoms with Gasteiger partial charge in [-0.1, -0.05) is 257 Å². The van der Waals surface area contributed by atoms with Crippen LogP contribution in [0.1, 0.15) is 284 Å². The second-order valence-electron chi connectivity index (χ2n) is 18.2. The van der Waals surface area contributed by atoms with Gasteiger partial charge in [0.05, 0.1) is 18.8 Å². The lowest BCUT2D eigenvalue weighted by molar-refractivity contribution is -0.132. The first kappa shape index (κ1) is 57.1. The molecule has 0 aliphatic rings. The lowest BCUT2D eigenvalue weighted by Gasteiger charge is -2.27. The standard InChI is InChI=1S/C52H103NO5/c1-3-5-7-9-11-13-15-17-19-21-22-23-24-25-26-27-28-30-32-34-36-38-40-42-44-46-50(56)52(58)53-48(47-54)51(57)49(55)45-43-41-39-37-35-33-31-29-20-18-16-14-12-10-8-6-4-2/h37,39,48-51,54-57H,3-36,38,40-47H2,1-2H3,(H,53,58)/b39-37+. The van der Waals surface area contributed by atoms with E-state index >= 15 is 0 Å². The predicted molar refractivity (Wildman–Crippen MR) is 251 cm³/mol. The lowest BCUT2D eigenvalue weighted by Crippen LogP contribution is -2.53. The molecule has 0 aromatic heterocycles. The highest BCUT2D eigenvalue weighted by atomic mass is 16.3. The van der Waals surface area contributed by atoms with E-state index in [0.29, 0.717) is 12.8 Å². The molecule has 346 valence electrons. The van der Waals surface area contributed by atoms with Gasteiger partial charge in [-0.15, -0.1) is 0 Å². The Labute approximate surface area is 362 Å². The molecule has 1 amide bonds. The summed E-state index contributed by atoms with van der Waals surface area (Å²) >= 11 is 0. The third-order valence-corrected chi connectivity index (χ3v) is 12.5. The van der Waals surface area contributed by atoms with E-state index in [-0.39, 0.29) is 0 Å². The topological polar surface area (TPSA) is 110 Å². The van der Waals surface area contributed by atoms with Crippen LogP contribution in [0.2, 0.25) is 0 Å². The molecule has 58 heavy (non-hydrogen) atoms. The van der Waals surface area contributed by atoms with Crippen LogP contribution in [0.3, 0.4) is 0 Å². The first-order chi connectivity index (χ1) is 28.5. The predicted octanol–water partition coefficient (Wildman–Crippen LogP) is 14.5. The van der Waals surface area contributed by atoms with Crippen LogP contribution in [0.4, 0.5) is 0 Å². The zero-order valence-electron chi connectivity index (χ0n) is 39.1. The van der Waals surface area contributed by atoms with Gasteiger partial charge < -0.3 is 25.7 Å². The van der Waals surface area contributed by atoms with Crippen molar-refractivity contribution in [3.05, 3.63) is 12.2 Å². The number of allylic oxidation sites excluding steroid dienone is 2. The molecule has 0 spiro atoms. The van der Waals surface area contributed by atoms with Crippen molar-refractivity contribution in [1.29, 1.82) is 0 Å². The summed E-state index contributed by atoms with van der Waals surface area (Å²) in [6.07, 6.45) is 54.1. The molecule has 0 aliphatic heterocycles. The van der Waals surface area contributed by atoms with Crippen LogP contribution in [0, 0.1) is 0 Å². The number of aliphatic hydroxyl groups excluding tert-OH is 4. The summed E-state index contributed by atoms with van der Waals surface area (Å²) < 4.78 is 0. The molecular weight excluding hydrogens is 719 g/mol. The van der Waals surface area contributed by atoms with Crippen molar-refractivity contribution in [3.8, 4) is 0 Å². The van der Waals surface area contributed by atoms with Gasteiger partial charge >= 0.3 is 0 Å². The highest BCUT2D eigenvalue weighted by molar-refractivity contribution is 5.80. The minimum absolute atomic E-state index is 0.369. The monoisotopic (exact) mass is 822 g/mol. The first-order valence-electron chi connectivity index (χ1n) is 26.1. The maximum Gasteiger partial charge on any atom is 0.249 e. The molecule has 4 atom stereocenters. The number of rotatable bonds is 48. The van der Waals surface area contributed by atoms with Crippen LogP contribution in [-0.4, -0.2) is 57.3 Å². The largest absolute Gasteiger partial charge is 0.394 e. The Hall–Kier alpha value is -0.950. The van der Waals surface area contributed by atoms with Gasteiger partial charge in [-0.25, -0.2) is 0 Å². The molecule has 6 nitrogen and oxygen atoms in total. The third kappa shape index (κ3) is 40.5. The molecule has 0 saturated heterocycles. The van der Waals surface area contributed by atoms with Crippen molar-refractivity contribution in [2.75, 3.05) is 6.61 Å². The molecule has 0 heterocycles. The second-order valence-corrected chi connectivity index (χ2v) is 18.2. The average molecular weight is 822 g/mol. The van der Waals surface area contributed by atoms with Crippen LogP contribution in [0.5, 0.6) is 0 Å². The summed E-state index contributed by atoms with van der Waals surface area (Å²) in [4.78, 5) is 12.6. The Kier molecular flexibility index (Phi) is 46.3. The van der Waals surface area contributed by atoms with E-state index in [1.54, 1.807) is 0 Å². The van der Waals surface area contributed by atoms with Gasteiger partial charge in [-0.3, -0.25) is 4.79 Å². The van der Waals surface area contributed by atoms with E-state index < -0.39 is 36.9 Å². The second kappa shape index (κ2) is 47.1. The quantitative estimate of drug-likeness (QED) is 0.0310. The van der Waals surface area contributed by atoms with Gasteiger partial charge in [-0.2, -0.15) is 0 Å². The SMILES string of the molecule is CCCCCCCCCCCCCC/C=C/CCCC(O)C(O)C(CO)NC(=O)C(O)CCCCCCCCCCCCCCCCCCCCCCCCCCC. The van der Waals surface area contributed by atoms with Crippen molar-refractivity contribution >= 4 is 5.91 Å². The number of carbonyl (C=O) groups excluding carboxylic acids is 1. The Morgan fingerprint density at radius 3 is 1.03 bits per heavy atom. The van der Waals surface area contributed by atoms with Crippen LogP contribution in [0.15, 0.2) is 12.2 Å². The number of nitrogens with one attached hydrogen (secondary N) is 1. The first-order valence-corrected chi connectivity index (χ1v) is 26.1. The Balaban J connectivity index is 3.64. The van der Waals surface area contributed by atoms with Crippen molar-refractivity contribution in [2.45, 2.75) is 308 Å². The maximum atomic E-state index is 12.6. The highest BCUT2D eigenvalue weighted by Crippen LogP contribution is 2.18. The Bertz CT molecular complexity index is 837. The molecule has 0 aromatic rings. The minimum Gasteiger partial charge on any atom is -0.394 e. The molecule has 0 aliphatic carbocycles. The summed E-state index contributed by atoms with van der Waals surface area (Å²) in [7, 11) is 0. The summed E-state index contributed by atoms with van der Waals surface area (Å²) in [6, 6.07) is -0.998.